The van der Waals surface area contributed by atoms with Crippen LogP contribution in [0.15, 0.2) is 40.9 Å². The zero-order valence-electron chi connectivity index (χ0n) is 20.2. The summed E-state index contributed by atoms with van der Waals surface area (Å²) >= 11 is 6.86. The quantitative estimate of drug-likeness (QED) is 0.233. The van der Waals surface area contributed by atoms with Crippen LogP contribution < -0.4 is 15.8 Å². The fourth-order valence-electron chi connectivity index (χ4n) is 4.75. The number of benzene rings is 1. The summed E-state index contributed by atoms with van der Waals surface area (Å²) in [6, 6.07) is 7.72. The average Bonchev–Trinajstić information content (AvgIpc) is 3.33. The van der Waals surface area contributed by atoms with Crippen LogP contribution in [0.3, 0.4) is 0 Å². The molecule has 3 aliphatic rings. The van der Waals surface area contributed by atoms with Crippen LogP contribution in [0, 0.1) is 17.8 Å². The number of amides is 1. The highest BCUT2D eigenvalue weighted by molar-refractivity contribution is 8.03. The lowest BCUT2D eigenvalue weighted by molar-refractivity contribution is -0.173. The molecule has 0 unspecified atom stereocenters. The Balaban J connectivity index is 1.58. The third kappa shape index (κ3) is 4.96. The first kappa shape index (κ1) is 25.7. The molecule has 1 aromatic carbocycles. The normalized spacial score (nSPS) is 27.3. The Kier molecular flexibility index (Phi) is 7.54. The molecule has 1 aromatic rings. The van der Waals surface area contributed by atoms with Crippen molar-refractivity contribution in [1.29, 1.82) is 0 Å². The number of fused-ring (bicyclic) bond motifs is 1. The van der Waals surface area contributed by atoms with Gasteiger partial charge in [-0.05, 0) is 25.0 Å². The third-order valence-electron chi connectivity index (χ3n) is 6.77. The number of thioether (sulfide) groups is 1. The summed E-state index contributed by atoms with van der Waals surface area (Å²) in [5, 5.41) is 3.34. The van der Waals surface area contributed by atoms with E-state index in [0.29, 0.717) is 18.7 Å². The monoisotopic (exact) mass is 517 g/mol. The van der Waals surface area contributed by atoms with Crippen molar-refractivity contribution in [3.63, 3.8) is 0 Å². The molecule has 3 aliphatic heterocycles. The number of hydrogen-bond donors (Lipinski definition) is 2. The number of hydrogen-bond acceptors (Lipinski definition) is 8. The number of nitrogens with two attached hydrogens (primary N) is 1. The van der Waals surface area contributed by atoms with Gasteiger partial charge < -0.3 is 25.4 Å². The van der Waals surface area contributed by atoms with Crippen molar-refractivity contribution in [2.45, 2.75) is 57.6 Å². The maximum atomic E-state index is 13.3. The van der Waals surface area contributed by atoms with Crippen LogP contribution in [0.1, 0.15) is 34.1 Å². The van der Waals surface area contributed by atoms with Crippen LogP contribution >= 0.6 is 24.0 Å². The van der Waals surface area contributed by atoms with Crippen molar-refractivity contribution in [3.8, 4) is 5.75 Å². The predicted octanol–water partition coefficient (Wildman–Crippen LogP) is 2.62. The van der Waals surface area contributed by atoms with E-state index >= 15 is 0 Å². The van der Waals surface area contributed by atoms with E-state index in [1.165, 1.54) is 4.90 Å². The van der Waals surface area contributed by atoms with Crippen molar-refractivity contribution in [1.82, 2.24) is 10.2 Å². The smallest absolute Gasteiger partial charge is 0.361 e. The highest BCUT2D eigenvalue weighted by Gasteiger charge is 2.61. The number of thiocarbonyl (C=S) groups is 1. The molecule has 6 atom stereocenters. The first-order chi connectivity index (χ1) is 16.6. The van der Waals surface area contributed by atoms with Gasteiger partial charge in [-0.3, -0.25) is 9.59 Å². The third-order valence-corrected chi connectivity index (χ3v) is 8.56. The van der Waals surface area contributed by atoms with Crippen molar-refractivity contribution in [2.24, 2.45) is 23.5 Å². The molecule has 4 rings (SSSR count). The molecule has 3 N–H and O–H groups in total. The SMILES string of the molecule is CC(C)[C@H](N)C(=O)O[C@H](C)[C@H]1C(=O)N2C(C(=O)Oc3ccccc3)=C(S[C@H]3CNC(=S)C3)[C@H](C)[C@H]12. The number of esters is 2. The van der Waals surface area contributed by atoms with Crippen LogP contribution in [0.25, 0.3) is 0 Å². The van der Waals surface area contributed by atoms with E-state index in [1.807, 2.05) is 26.8 Å². The van der Waals surface area contributed by atoms with Crippen LogP contribution in [-0.4, -0.2) is 57.7 Å². The minimum absolute atomic E-state index is 0.0798. The standard InChI is InChI=1S/C25H31N3O5S2/c1-12(2)19(26)24(30)32-14(4)18-20-13(3)22(35-16-10-17(34)27-11-16)21(28(20)23(18)29)25(31)33-15-8-6-5-7-9-15/h5-9,12-14,16,18-20H,10-11,26H2,1-4H3,(H,27,34)/t13-,14-,16-,18-,19+,20-/m1/s1. The highest BCUT2D eigenvalue weighted by atomic mass is 32.2. The van der Waals surface area contributed by atoms with Gasteiger partial charge in [0.05, 0.1) is 16.9 Å². The average molecular weight is 518 g/mol. The second-order valence-electron chi connectivity index (χ2n) is 9.59. The Hall–Kier alpha value is -2.43. The van der Waals surface area contributed by atoms with Crippen molar-refractivity contribution in [3.05, 3.63) is 40.9 Å². The van der Waals surface area contributed by atoms with Crippen LogP contribution in [0.2, 0.25) is 0 Å². The van der Waals surface area contributed by atoms with E-state index in [2.05, 4.69) is 5.32 Å². The van der Waals surface area contributed by atoms with Crippen molar-refractivity contribution < 1.29 is 23.9 Å². The van der Waals surface area contributed by atoms with Crippen LogP contribution in [-0.2, 0) is 19.1 Å². The number of nitrogens with one attached hydrogen (secondary N) is 1. The Morgan fingerprint density at radius 3 is 2.51 bits per heavy atom. The van der Waals surface area contributed by atoms with Gasteiger partial charge in [0.2, 0.25) is 5.91 Å². The summed E-state index contributed by atoms with van der Waals surface area (Å²) in [5.74, 6) is -1.71. The molecule has 0 aliphatic carbocycles. The molecule has 10 heteroatoms. The Bertz CT molecular complexity index is 1060. The first-order valence-electron chi connectivity index (χ1n) is 11.8. The molecule has 3 heterocycles. The number of nitrogens with zero attached hydrogens (tertiary/aromatic N) is 1. The van der Waals surface area contributed by atoms with E-state index in [-0.39, 0.29) is 34.7 Å². The molecule has 0 radical (unpaired) electrons. The molecule has 188 valence electrons. The molecular weight excluding hydrogens is 486 g/mol. The lowest BCUT2D eigenvalue weighted by atomic mass is 9.79. The fraction of sp³-hybridized carbons (Fsp3) is 0.520. The van der Waals surface area contributed by atoms with E-state index in [1.54, 1.807) is 43.0 Å². The van der Waals surface area contributed by atoms with Gasteiger partial charge in [-0.15, -0.1) is 11.8 Å². The highest BCUT2D eigenvalue weighted by Crippen LogP contribution is 2.52. The second-order valence-corrected chi connectivity index (χ2v) is 11.4. The lowest BCUT2D eigenvalue weighted by Gasteiger charge is -2.47. The zero-order chi connectivity index (χ0) is 25.4. The van der Waals surface area contributed by atoms with E-state index in [9.17, 15) is 14.4 Å². The van der Waals surface area contributed by atoms with Gasteiger partial charge in [0.1, 0.15) is 23.6 Å². The summed E-state index contributed by atoms with van der Waals surface area (Å²) in [4.78, 5) is 42.2. The van der Waals surface area contributed by atoms with Gasteiger partial charge in [0.25, 0.3) is 0 Å². The molecule has 8 nitrogen and oxygen atoms in total. The summed E-state index contributed by atoms with van der Waals surface area (Å²) in [7, 11) is 0. The maximum absolute atomic E-state index is 13.3. The maximum Gasteiger partial charge on any atom is 0.361 e. The van der Waals surface area contributed by atoms with E-state index in [4.69, 9.17) is 27.4 Å². The van der Waals surface area contributed by atoms with Crippen molar-refractivity contribution >= 4 is 46.8 Å². The van der Waals surface area contributed by atoms with E-state index < -0.39 is 30.0 Å². The number of β-lactam (4-membered cyclic amide) rings is 1. The number of para-hydroxylation sites is 1. The molecule has 0 spiro atoms. The van der Waals surface area contributed by atoms with Gasteiger partial charge in [-0.25, -0.2) is 4.79 Å². The first-order valence-corrected chi connectivity index (χ1v) is 13.1. The minimum Gasteiger partial charge on any atom is -0.461 e. The summed E-state index contributed by atoms with van der Waals surface area (Å²) in [6.07, 6.45) is 0.0420. The largest absolute Gasteiger partial charge is 0.461 e. The van der Waals surface area contributed by atoms with Crippen LogP contribution in [0.4, 0.5) is 0 Å². The van der Waals surface area contributed by atoms with Gasteiger partial charge in [-0.1, -0.05) is 51.2 Å². The minimum atomic E-state index is -0.760. The number of rotatable bonds is 8. The molecule has 2 saturated heterocycles. The van der Waals surface area contributed by atoms with E-state index in [0.717, 1.165) is 9.89 Å². The summed E-state index contributed by atoms with van der Waals surface area (Å²) in [6.45, 7) is 8.09. The molecule has 35 heavy (non-hydrogen) atoms. The summed E-state index contributed by atoms with van der Waals surface area (Å²) in [5.41, 5.74) is 6.21. The molecule has 0 aromatic heterocycles. The Labute approximate surface area is 215 Å². The van der Waals surface area contributed by atoms with Gasteiger partial charge in [-0.2, -0.15) is 0 Å². The Morgan fingerprint density at radius 2 is 1.91 bits per heavy atom. The topological polar surface area (TPSA) is 111 Å². The summed E-state index contributed by atoms with van der Waals surface area (Å²) < 4.78 is 11.2. The predicted molar refractivity (Wildman–Crippen MR) is 137 cm³/mol. The van der Waals surface area contributed by atoms with Crippen molar-refractivity contribution in [2.75, 3.05) is 6.54 Å². The van der Waals surface area contributed by atoms with Gasteiger partial charge >= 0.3 is 11.9 Å². The zero-order valence-corrected chi connectivity index (χ0v) is 21.9. The molecular formula is C25H31N3O5S2. The second kappa shape index (κ2) is 10.3. The molecule has 2 fully saturated rings. The van der Waals surface area contributed by atoms with Gasteiger partial charge in [0, 0.05) is 29.0 Å². The molecule has 0 saturated carbocycles. The Morgan fingerprint density at radius 1 is 1.23 bits per heavy atom. The molecule has 1 amide bonds. The molecule has 0 bridgehead atoms. The van der Waals surface area contributed by atoms with Crippen LogP contribution in [0.5, 0.6) is 5.75 Å². The number of carbonyl (C=O) groups excluding carboxylic acids is 3. The number of ether oxygens (including phenoxy) is 2. The lowest BCUT2D eigenvalue weighted by Crippen LogP contribution is -2.64. The number of carbonyl (C=O) groups is 3. The fourth-order valence-corrected chi connectivity index (χ4v) is 6.56. The van der Waals surface area contributed by atoms with Gasteiger partial charge in [0.15, 0.2) is 0 Å².